The van der Waals surface area contributed by atoms with Crippen LogP contribution in [0.15, 0.2) is 35.3 Å². The zero-order valence-corrected chi connectivity index (χ0v) is 18.7. The van der Waals surface area contributed by atoms with Crippen LogP contribution in [0.25, 0.3) is 0 Å². The van der Waals surface area contributed by atoms with Gasteiger partial charge in [0, 0.05) is 44.5 Å². The summed E-state index contributed by atoms with van der Waals surface area (Å²) in [6.45, 7) is 4.46. The third-order valence-corrected chi connectivity index (χ3v) is 7.27. The molecule has 0 aromatic heterocycles. The number of sulfone groups is 1. The Labute approximate surface area is 179 Å². The first-order chi connectivity index (χ1) is 12.6. The fourth-order valence-corrected chi connectivity index (χ4v) is 5.54. The smallest absolute Gasteiger partial charge is 0.194 e. The van der Waals surface area contributed by atoms with Gasteiger partial charge in [0.1, 0.15) is 0 Å². The molecule has 1 N–H and O–H groups in total. The normalized spacial score (nSPS) is 25.2. The first-order valence-corrected chi connectivity index (χ1v) is 11.5. The number of hydrogen-bond acceptors (Lipinski definition) is 4. The second kappa shape index (κ2) is 8.98. The number of halogens is 1. The molecule has 1 aliphatic carbocycles. The van der Waals surface area contributed by atoms with Gasteiger partial charge >= 0.3 is 0 Å². The van der Waals surface area contributed by atoms with Crippen LogP contribution in [0.3, 0.4) is 0 Å². The van der Waals surface area contributed by atoms with E-state index in [4.69, 9.17) is 4.99 Å². The fourth-order valence-electron chi connectivity index (χ4n) is 3.69. The maximum Gasteiger partial charge on any atom is 0.194 e. The Morgan fingerprint density at radius 2 is 1.78 bits per heavy atom. The number of hydrogen-bond donors (Lipinski definition) is 1. The molecule has 1 saturated carbocycles. The zero-order chi connectivity index (χ0) is 18.0. The molecule has 2 saturated heterocycles. The topological polar surface area (TPSA) is 65.0 Å². The molecule has 3 fully saturated rings. The van der Waals surface area contributed by atoms with Crippen molar-refractivity contribution in [3.63, 3.8) is 0 Å². The Morgan fingerprint density at radius 3 is 2.37 bits per heavy atom. The molecule has 150 valence electrons. The Hall–Kier alpha value is -1.03. The highest BCUT2D eigenvalue weighted by Crippen LogP contribution is 2.22. The van der Waals surface area contributed by atoms with Crippen LogP contribution in [-0.4, -0.2) is 69.5 Å². The Morgan fingerprint density at radius 1 is 1.07 bits per heavy atom. The highest BCUT2D eigenvalue weighted by molar-refractivity contribution is 14.0. The van der Waals surface area contributed by atoms with Gasteiger partial charge in [-0.25, -0.2) is 8.42 Å². The molecule has 3 aliphatic rings. The van der Waals surface area contributed by atoms with Crippen LogP contribution in [0.5, 0.6) is 0 Å². The maximum absolute atomic E-state index is 11.7. The lowest BCUT2D eigenvalue weighted by Gasteiger charge is -2.38. The zero-order valence-electron chi connectivity index (χ0n) is 15.6. The SMILES string of the molecule is I.O=S1(=O)CCC(CN=C(NC2CC2)N2CCN(c3ccccc3)CC2)C1. The molecule has 27 heavy (non-hydrogen) atoms. The van der Waals surface area contributed by atoms with Gasteiger partial charge in [-0.3, -0.25) is 4.99 Å². The van der Waals surface area contributed by atoms with E-state index in [0.29, 0.717) is 24.1 Å². The summed E-state index contributed by atoms with van der Waals surface area (Å²) in [5.74, 6) is 1.79. The van der Waals surface area contributed by atoms with Crippen molar-refractivity contribution in [2.45, 2.75) is 25.3 Å². The quantitative estimate of drug-likeness (QED) is 0.386. The van der Waals surface area contributed by atoms with Crippen molar-refractivity contribution in [1.29, 1.82) is 0 Å². The molecule has 2 aliphatic heterocycles. The second-order valence-electron chi connectivity index (χ2n) is 7.66. The van der Waals surface area contributed by atoms with Gasteiger partial charge in [0.25, 0.3) is 0 Å². The van der Waals surface area contributed by atoms with Gasteiger partial charge in [0.05, 0.1) is 11.5 Å². The minimum Gasteiger partial charge on any atom is -0.368 e. The van der Waals surface area contributed by atoms with E-state index in [-0.39, 0.29) is 29.9 Å². The summed E-state index contributed by atoms with van der Waals surface area (Å²) < 4.78 is 23.3. The lowest BCUT2D eigenvalue weighted by atomic mass is 10.1. The summed E-state index contributed by atoms with van der Waals surface area (Å²) in [6.07, 6.45) is 3.17. The summed E-state index contributed by atoms with van der Waals surface area (Å²) in [6, 6.07) is 11.1. The van der Waals surface area contributed by atoms with E-state index in [0.717, 1.165) is 38.6 Å². The van der Waals surface area contributed by atoms with Gasteiger partial charge < -0.3 is 15.1 Å². The molecule has 2 heterocycles. The lowest BCUT2D eigenvalue weighted by molar-refractivity contribution is 0.370. The highest BCUT2D eigenvalue weighted by Gasteiger charge is 2.30. The van der Waals surface area contributed by atoms with Crippen molar-refractivity contribution in [2.75, 3.05) is 49.1 Å². The Kier molecular flexibility index (Phi) is 6.88. The van der Waals surface area contributed by atoms with Gasteiger partial charge in [-0.1, -0.05) is 18.2 Å². The summed E-state index contributed by atoms with van der Waals surface area (Å²) in [7, 11) is -2.83. The molecular formula is C19H29IN4O2S. The number of nitrogens with zero attached hydrogens (tertiary/aromatic N) is 3. The van der Waals surface area contributed by atoms with Crippen molar-refractivity contribution in [3.05, 3.63) is 30.3 Å². The summed E-state index contributed by atoms with van der Waals surface area (Å²) in [5, 5.41) is 3.57. The molecule has 1 aromatic rings. The molecule has 0 amide bonds. The van der Waals surface area contributed by atoms with Gasteiger partial charge in [0.2, 0.25) is 0 Å². The van der Waals surface area contributed by atoms with Crippen LogP contribution < -0.4 is 10.2 Å². The minimum atomic E-state index is -2.83. The number of piperazine rings is 1. The number of aliphatic imine (C=N–C) groups is 1. The van der Waals surface area contributed by atoms with Crippen molar-refractivity contribution in [2.24, 2.45) is 10.9 Å². The Balaban J connectivity index is 0.00000210. The molecule has 8 heteroatoms. The molecule has 1 unspecified atom stereocenters. The van der Waals surface area contributed by atoms with Crippen LogP contribution in [0.1, 0.15) is 19.3 Å². The molecule has 0 bridgehead atoms. The van der Waals surface area contributed by atoms with E-state index in [2.05, 4.69) is 39.4 Å². The first-order valence-electron chi connectivity index (χ1n) is 9.65. The molecule has 0 radical (unpaired) electrons. The van der Waals surface area contributed by atoms with Gasteiger partial charge in [-0.2, -0.15) is 0 Å². The van der Waals surface area contributed by atoms with Crippen molar-refractivity contribution >= 4 is 45.5 Å². The third-order valence-electron chi connectivity index (χ3n) is 5.44. The standard InChI is InChI=1S/C19H28N4O2S.HI/c24-26(25)13-8-16(15-26)14-20-19(21-17-6-7-17)23-11-9-22(10-12-23)18-4-2-1-3-5-18;/h1-5,16-17H,6-15H2,(H,20,21);1H. The second-order valence-corrected chi connectivity index (χ2v) is 9.89. The summed E-state index contributed by atoms with van der Waals surface area (Å²) >= 11 is 0. The minimum absolute atomic E-state index is 0. The number of para-hydroxylation sites is 1. The van der Waals surface area contributed by atoms with Crippen LogP contribution >= 0.6 is 24.0 Å². The monoisotopic (exact) mass is 504 g/mol. The molecule has 6 nitrogen and oxygen atoms in total. The van der Waals surface area contributed by atoms with Crippen LogP contribution in [0.2, 0.25) is 0 Å². The Bertz CT molecular complexity index is 744. The van der Waals surface area contributed by atoms with Crippen molar-refractivity contribution < 1.29 is 8.42 Å². The first kappa shape index (κ1) is 20.7. The highest BCUT2D eigenvalue weighted by atomic mass is 127. The molecular weight excluding hydrogens is 475 g/mol. The number of nitrogens with one attached hydrogen (secondary N) is 1. The van der Waals surface area contributed by atoms with Crippen LogP contribution in [0, 0.1) is 5.92 Å². The van der Waals surface area contributed by atoms with Crippen molar-refractivity contribution in [3.8, 4) is 0 Å². The molecule has 1 aromatic carbocycles. The van der Waals surface area contributed by atoms with E-state index in [1.807, 2.05) is 6.07 Å². The van der Waals surface area contributed by atoms with Gasteiger partial charge in [0.15, 0.2) is 15.8 Å². The maximum atomic E-state index is 11.7. The fraction of sp³-hybridized carbons (Fsp3) is 0.632. The van der Waals surface area contributed by atoms with Crippen LogP contribution in [-0.2, 0) is 9.84 Å². The number of benzene rings is 1. The number of rotatable bonds is 4. The van der Waals surface area contributed by atoms with Crippen molar-refractivity contribution in [1.82, 2.24) is 10.2 Å². The van der Waals surface area contributed by atoms with E-state index in [9.17, 15) is 8.42 Å². The van der Waals surface area contributed by atoms with Crippen LogP contribution in [0.4, 0.5) is 5.69 Å². The van der Waals surface area contributed by atoms with E-state index < -0.39 is 9.84 Å². The van der Waals surface area contributed by atoms with E-state index in [1.54, 1.807) is 0 Å². The molecule has 1 atom stereocenters. The third kappa shape index (κ3) is 5.73. The molecule has 4 rings (SSSR count). The average Bonchev–Trinajstić information content (AvgIpc) is 3.41. The van der Waals surface area contributed by atoms with E-state index >= 15 is 0 Å². The largest absolute Gasteiger partial charge is 0.368 e. The average molecular weight is 504 g/mol. The predicted molar refractivity (Wildman–Crippen MR) is 121 cm³/mol. The molecule has 0 spiro atoms. The predicted octanol–water partition coefficient (Wildman–Crippen LogP) is 1.97. The lowest BCUT2D eigenvalue weighted by Crippen LogP contribution is -2.53. The van der Waals surface area contributed by atoms with Gasteiger partial charge in [-0.15, -0.1) is 24.0 Å². The summed E-state index contributed by atoms with van der Waals surface area (Å²) in [4.78, 5) is 9.57. The summed E-state index contributed by atoms with van der Waals surface area (Å²) in [5.41, 5.74) is 1.27. The number of anilines is 1. The number of guanidine groups is 1. The van der Waals surface area contributed by atoms with E-state index in [1.165, 1.54) is 18.5 Å². The van der Waals surface area contributed by atoms with Gasteiger partial charge in [-0.05, 0) is 37.3 Å².